The molecule has 0 bridgehead atoms. The highest BCUT2D eigenvalue weighted by Gasteiger charge is 2.29. The summed E-state index contributed by atoms with van der Waals surface area (Å²) >= 11 is 0. The van der Waals surface area contributed by atoms with Crippen LogP contribution in [0.5, 0.6) is 0 Å². The summed E-state index contributed by atoms with van der Waals surface area (Å²) < 4.78 is 30.4. The van der Waals surface area contributed by atoms with Crippen LogP contribution in [0.3, 0.4) is 0 Å². The van der Waals surface area contributed by atoms with Gasteiger partial charge in [0.1, 0.15) is 0 Å². The van der Waals surface area contributed by atoms with E-state index in [0.717, 1.165) is 6.42 Å². The molecule has 0 aliphatic carbocycles. The lowest BCUT2D eigenvalue weighted by Gasteiger charge is -2.35. The third kappa shape index (κ3) is 5.26. The van der Waals surface area contributed by atoms with E-state index in [1.807, 2.05) is 11.8 Å². The second-order valence-corrected chi connectivity index (χ2v) is 6.95. The summed E-state index contributed by atoms with van der Waals surface area (Å²) in [5.41, 5.74) is 0. The fourth-order valence-electron chi connectivity index (χ4n) is 2.30. The van der Waals surface area contributed by atoms with E-state index in [9.17, 15) is 13.2 Å². The molecule has 1 aliphatic rings. The highest BCUT2D eigenvalue weighted by molar-refractivity contribution is 7.89. The van der Waals surface area contributed by atoms with Crippen LogP contribution in [-0.2, 0) is 19.6 Å². The normalized spacial score (nSPS) is 18.9. The van der Waals surface area contributed by atoms with Crippen LogP contribution in [0, 0.1) is 11.3 Å². The molecule has 1 fully saturated rings. The Balaban J connectivity index is 2.49. The van der Waals surface area contributed by atoms with Gasteiger partial charge in [0, 0.05) is 26.2 Å². The van der Waals surface area contributed by atoms with Crippen molar-refractivity contribution in [2.75, 3.05) is 38.5 Å². The number of sulfonamides is 1. The Morgan fingerprint density at radius 1 is 1.29 bits per heavy atom. The summed E-state index contributed by atoms with van der Waals surface area (Å²) in [6, 6.07) is 2.07. The van der Waals surface area contributed by atoms with Gasteiger partial charge in [-0.25, -0.2) is 8.42 Å². The maximum atomic E-state index is 12.1. The fourth-order valence-corrected chi connectivity index (χ4v) is 3.70. The Labute approximate surface area is 126 Å². The van der Waals surface area contributed by atoms with Crippen molar-refractivity contribution in [1.29, 1.82) is 5.26 Å². The highest BCUT2D eigenvalue weighted by Crippen LogP contribution is 2.13. The number of carbonyl (C=O) groups excluding carboxylic acids is 1. The van der Waals surface area contributed by atoms with Gasteiger partial charge in [-0.2, -0.15) is 9.57 Å². The van der Waals surface area contributed by atoms with Crippen molar-refractivity contribution in [2.24, 2.45) is 0 Å². The summed E-state index contributed by atoms with van der Waals surface area (Å²) in [6.07, 6.45) is 0.609. The molecule has 7 nitrogen and oxygen atoms in total. The molecule has 1 heterocycles. The molecule has 0 aromatic heterocycles. The molecule has 1 aliphatic heterocycles. The third-order valence-corrected chi connectivity index (χ3v) is 5.38. The van der Waals surface area contributed by atoms with E-state index in [4.69, 9.17) is 10.00 Å². The standard InChI is InChI=1S/C13H23N3O4S/c1-3-12(11-14)15-6-8-16(9-7-15)21(18,19)10-5-13(17)20-4-2/h12H,3-10H2,1-2H3. The Morgan fingerprint density at radius 2 is 1.90 bits per heavy atom. The largest absolute Gasteiger partial charge is 0.466 e. The summed E-state index contributed by atoms with van der Waals surface area (Å²) in [7, 11) is -3.44. The number of nitriles is 1. The summed E-state index contributed by atoms with van der Waals surface area (Å²) in [5, 5.41) is 9.02. The topological polar surface area (TPSA) is 90.7 Å². The van der Waals surface area contributed by atoms with E-state index in [-0.39, 0.29) is 24.8 Å². The molecule has 120 valence electrons. The number of carbonyl (C=O) groups is 1. The smallest absolute Gasteiger partial charge is 0.306 e. The van der Waals surface area contributed by atoms with E-state index < -0.39 is 16.0 Å². The molecule has 1 atom stereocenters. The molecule has 21 heavy (non-hydrogen) atoms. The number of piperazine rings is 1. The van der Waals surface area contributed by atoms with Crippen LogP contribution in [-0.4, -0.2) is 68.2 Å². The lowest BCUT2D eigenvalue weighted by atomic mass is 10.2. The molecular formula is C13H23N3O4S. The molecule has 1 saturated heterocycles. The fraction of sp³-hybridized carbons (Fsp3) is 0.846. The van der Waals surface area contributed by atoms with Gasteiger partial charge < -0.3 is 4.74 Å². The Bertz CT molecular complexity index is 478. The van der Waals surface area contributed by atoms with Gasteiger partial charge in [-0.15, -0.1) is 0 Å². The number of nitrogens with zero attached hydrogens (tertiary/aromatic N) is 3. The SMILES string of the molecule is CCOC(=O)CCS(=O)(=O)N1CCN(C(C#N)CC)CC1. The van der Waals surface area contributed by atoms with Gasteiger partial charge in [0.15, 0.2) is 0 Å². The lowest BCUT2D eigenvalue weighted by molar-refractivity contribution is -0.142. The molecule has 1 unspecified atom stereocenters. The van der Waals surface area contributed by atoms with E-state index in [1.54, 1.807) is 6.92 Å². The van der Waals surface area contributed by atoms with Crippen molar-refractivity contribution < 1.29 is 17.9 Å². The number of esters is 1. The Kier molecular flexibility index (Phi) is 7.08. The van der Waals surface area contributed by atoms with Gasteiger partial charge in [0.05, 0.1) is 30.9 Å². The zero-order valence-electron chi connectivity index (χ0n) is 12.6. The van der Waals surface area contributed by atoms with E-state index in [1.165, 1.54) is 4.31 Å². The first-order valence-corrected chi connectivity index (χ1v) is 8.82. The van der Waals surface area contributed by atoms with Crippen LogP contribution in [0.25, 0.3) is 0 Å². The van der Waals surface area contributed by atoms with Gasteiger partial charge in [0.25, 0.3) is 0 Å². The van der Waals surface area contributed by atoms with E-state index in [0.29, 0.717) is 26.2 Å². The summed E-state index contributed by atoms with van der Waals surface area (Å²) in [5.74, 6) is -0.711. The van der Waals surface area contributed by atoms with Crippen LogP contribution in [0.1, 0.15) is 26.7 Å². The molecule has 8 heteroatoms. The minimum absolute atomic E-state index is 0.119. The van der Waals surface area contributed by atoms with Gasteiger partial charge in [-0.1, -0.05) is 6.92 Å². The summed E-state index contributed by atoms with van der Waals surface area (Å²) in [6.45, 7) is 5.70. The van der Waals surface area contributed by atoms with Crippen molar-refractivity contribution in [3.63, 3.8) is 0 Å². The second kappa shape index (κ2) is 8.32. The Morgan fingerprint density at radius 3 is 2.38 bits per heavy atom. The van der Waals surface area contributed by atoms with Crippen LogP contribution >= 0.6 is 0 Å². The third-order valence-electron chi connectivity index (χ3n) is 3.51. The molecule has 0 aromatic rings. The number of rotatable bonds is 7. The van der Waals surface area contributed by atoms with Crippen molar-refractivity contribution in [1.82, 2.24) is 9.21 Å². The van der Waals surface area contributed by atoms with Crippen molar-refractivity contribution >= 4 is 16.0 Å². The predicted molar refractivity (Wildman–Crippen MR) is 77.9 cm³/mol. The van der Waals surface area contributed by atoms with Crippen LogP contribution in [0.15, 0.2) is 0 Å². The van der Waals surface area contributed by atoms with Crippen LogP contribution < -0.4 is 0 Å². The number of hydrogen-bond acceptors (Lipinski definition) is 6. The zero-order chi connectivity index (χ0) is 15.9. The molecule has 0 N–H and O–H groups in total. The molecular weight excluding hydrogens is 294 g/mol. The number of hydrogen-bond donors (Lipinski definition) is 0. The molecule has 0 saturated carbocycles. The Hall–Kier alpha value is -1.17. The van der Waals surface area contributed by atoms with Gasteiger partial charge in [-0.05, 0) is 13.3 Å². The quantitative estimate of drug-likeness (QED) is 0.623. The summed E-state index contributed by atoms with van der Waals surface area (Å²) in [4.78, 5) is 13.2. The van der Waals surface area contributed by atoms with Crippen molar-refractivity contribution in [2.45, 2.75) is 32.7 Å². The minimum atomic E-state index is -3.44. The van der Waals surface area contributed by atoms with Gasteiger partial charge >= 0.3 is 5.97 Å². The molecule has 0 aromatic carbocycles. The average Bonchev–Trinajstić information content (AvgIpc) is 2.47. The molecule has 1 rings (SSSR count). The first-order chi connectivity index (χ1) is 9.94. The maximum Gasteiger partial charge on any atom is 0.306 e. The highest BCUT2D eigenvalue weighted by atomic mass is 32.2. The zero-order valence-corrected chi connectivity index (χ0v) is 13.4. The molecule has 0 spiro atoms. The van der Waals surface area contributed by atoms with Crippen LogP contribution in [0.2, 0.25) is 0 Å². The maximum absolute atomic E-state index is 12.1. The van der Waals surface area contributed by atoms with Crippen molar-refractivity contribution in [3.05, 3.63) is 0 Å². The number of ether oxygens (including phenoxy) is 1. The predicted octanol–water partition coefficient (Wildman–Crippen LogP) is 0.189. The molecule has 0 amide bonds. The lowest BCUT2D eigenvalue weighted by Crippen LogP contribution is -2.52. The van der Waals surface area contributed by atoms with E-state index >= 15 is 0 Å². The monoisotopic (exact) mass is 317 g/mol. The van der Waals surface area contributed by atoms with Crippen LogP contribution in [0.4, 0.5) is 0 Å². The molecule has 0 radical (unpaired) electrons. The van der Waals surface area contributed by atoms with Gasteiger partial charge in [-0.3, -0.25) is 9.69 Å². The second-order valence-electron chi connectivity index (χ2n) is 4.86. The average molecular weight is 317 g/mol. The van der Waals surface area contributed by atoms with E-state index in [2.05, 4.69) is 6.07 Å². The van der Waals surface area contributed by atoms with Crippen molar-refractivity contribution in [3.8, 4) is 6.07 Å². The first kappa shape index (κ1) is 17.9. The van der Waals surface area contributed by atoms with Gasteiger partial charge in [0.2, 0.25) is 10.0 Å². The minimum Gasteiger partial charge on any atom is -0.466 e. The first-order valence-electron chi connectivity index (χ1n) is 7.21.